The first-order chi connectivity index (χ1) is 7.48. The van der Waals surface area contributed by atoms with E-state index in [1.54, 1.807) is 0 Å². The molecule has 0 bridgehead atoms. The Morgan fingerprint density at radius 1 is 1.12 bits per heavy atom. The van der Waals surface area contributed by atoms with Gasteiger partial charge in [0.2, 0.25) is 0 Å². The van der Waals surface area contributed by atoms with Crippen molar-refractivity contribution in [2.75, 3.05) is 0 Å². The number of halogens is 3. The van der Waals surface area contributed by atoms with Crippen molar-refractivity contribution < 1.29 is 13.2 Å². The molecule has 0 atom stereocenters. The van der Waals surface area contributed by atoms with Crippen LogP contribution >= 0.6 is 0 Å². The molecule has 87 valence electrons. The summed E-state index contributed by atoms with van der Waals surface area (Å²) in [5, 5.41) is 0. The van der Waals surface area contributed by atoms with Crippen molar-refractivity contribution >= 4 is 0 Å². The molecule has 16 heavy (non-hydrogen) atoms. The van der Waals surface area contributed by atoms with E-state index in [0.29, 0.717) is 0 Å². The highest BCUT2D eigenvalue weighted by atomic mass is 19.4. The largest absolute Gasteiger partial charge is 0.416 e. The van der Waals surface area contributed by atoms with Gasteiger partial charge in [-0.2, -0.15) is 13.2 Å². The van der Waals surface area contributed by atoms with Crippen molar-refractivity contribution in [1.82, 2.24) is 0 Å². The molecule has 0 amide bonds. The third-order valence-corrected chi connectivity index (χ3v) is 3.27. The van der Waals surface area contributed by atoms with Gasteiger partial charge in [0.1, 0.15) is 0 Å². The molecule has 0 nitrogen and oxygen atoms in total. The molecule has 1 fully saturated rings. The van der Waals surface area contributed by atoms with Crippen LogP contribution in [-0.4, -0.2) is 0 Å². The normalized spacial score (nSPS) is 18.0. The van der Waals surface area contributed by atoms with Gasteiger partial charge in [0.25, 0.3) is 0 Å². The second-order valence-electron chi connectivity index (χ2n) is 4.39. The van der Waals surface area contributed by atoms with Gasteiger partial charge in [-0.05, 0) is 48.9 Å². The first-order valence-corrected chi connectivity index (χ1v) is 5.51. The summed E-state index contributed by atoms with van der Waals surface area (Å²) in [5.41, 5.74) is 0.967. The average molecular weight is 227 g/mol. The lowest BCUT2D eigenvalue weighted by Crippen LogP contribution is -2.07. The molecule has 0 aliphatic heterocycles. The van der Waals surface area contributed by atoms with Gasteiger partial charge in [0.15, 0.2) is 0 Å². The van der Waals surface area contributed by atoms with E-state index in [4.69, 9.17) is 0 Å². The summed E-state index contributed by atoms with van der Waals surface area (Å²) >= 11 is 0. The van der Waals surface area contributed by atoms with Crippen molar-refractivity contribution in [3.63, 3.8) is 0 Å². The standard InChI is InChI=1S/C13H14F3/c1-9-6-7-11(13(14,15)16)8-12(9)10-4-2-3-5-10/h6-8,10H,1-5H2. The molecule has 2 rings (SSSR count). The molecule has 3 heteroatoms. The van der Waals surface area contributed by atoms with Crippen LogP contribution in [0.4, 0.5) is 13.2 Å². The summed E-state index contributed by atoms with van der Waals surface area (Å²) in [6, 6.07) is 3.87. The Hall–Kier alpha value is -0.990. The van der Waals surface area contributed by atoms with Crippen molar-refractivity contribution in [2.24, 2.45) is 0 Å². The minimum Gasteiger partial charge on any atom is -0.166 e. The van der Waals surface area contributed by atoms with Crippen molar-refractivity contribution in [1.29, 1.82) is 0 Å². The third kappa shape index (κ3) is 2.23. The average Bonchev–Trinajstić information content (AvgIpc) is 2.69. The Kier molecular flexibility index (Phi) is 2.96. The zero-order chi connectivity index (χ0) is 11.8. The number of hydrogen-bond acceptors (Lipinski definition) is 0. The second-order valence-corrected chi connectivity index (χ2v) is 4.39. The first-order valence-electron chi connectivity index (χ1n) is 5.51. The van der Waals surface area contributed by atoms with Crippen LogP contribution in [0.5, 0.6) is 0 Å². The highest BCUT2D eigenvalue weighted by Crippen LogP contribution is 2.38. The zero-order valence-electron chi connectivity index (χ0n) is 8.98. The summed E-state index contributed by atoms with van der Waals surface area (Å²) < 4.78 is 37.7. The van der Waals surface area contributed by atoms with Gasteiger partial charge in [0, 0.05) is 0 Å². The van der Waals surface area contributed by atoms with Crippen LogP contribution in [0.3, 0.4) is 0 Å². The fraction of sp³-hybridized carbons (Fsp3) is 0.462. The zero-order valence-corrected chi connectivity index (χ0v) is 8.98. The number of alkyl halides is 3. The lowest BCUT2D eigenvalue weighted by atomic mass is 9.92. The summed E-state index contributed by atoms with van der Waals surface area (Å²) in [7, 11) is 0. The smallest absolute Gasteiger partial charge is 0.166 e. The quantitative estimate of drug-likeness (QED) is 0.660. The summed E-state index contributed by atoms with van der Waals surface area (Å²) in [6.07, 6.45) is -0.0462. The molecule has 1 aromatic carbocycles. The van der Waals surface area contributed by atoms with E-state index >= 15 is 0 Å². The molecule has 1 aromatic rings. The van der Waals surface area contributed by atoms with E-state index in [-0.39, 0.29) is 5.92 Å². The maximum atomic E-state index is 12.6. The van der Waals surface area contributed by atoms with Crippen LogP contribution in [0.1, 0.15) is 48.3 Å². The molecule has 0 aromatic heterocycles. The Bertz CT molecular complexity index is 373. The van der Waals surface area contributed by atoms with Gasteiger partial charge in [-0.1, -0.05) is 18.9 Å². The van der Waals surface area contributed by atoms with Crippen LogP contribution < -0.4 is 0 Å². The van der Waals surface area contributed by atoms with Crippen LogP contribution in [-0.2, 0) is 6.18 Å². The first kappa shape index (κ1) is 11.5. The minimum absolute atomic E-state index is 0.273. The maximum absolute atomic E-state index is 12.6. The SMILES string of the molecule is [CH2]c1ccc(C(F)(F)F)cc1C1CCCC1. The van der Waals surface area contributed by atoms with Gasteiger partial charge < -0.3 is 0 Å². The highest BCUT2D eigenvalue weighted by molar-refractivity contribution is 5.38. The predicted octanol–water partition coefficient (Wildman–Crippen LogP) is 4.55. The second kappa shape index (κ2) is 4.11. The van der Waals surface area contributed by atoms with E-state index in [2.05, 4.69) is 6.92 Å². The summed E-state index contributed by atoms with van der Waals surface area (Å²) in [6.45, 7) is 3.82. The van der Waals surface area contributed by atoms with Crippen LogP contribution in [0.2, 0.25) is 0 Å². The number of hydrogen-bond donors (Lipinski definition) is 0. The predicted molar refractivity (Wildman–Crippen MR) is 57.1 cm³/mol. The molecule has 0 saturated heterocycles. The van der Waals surface area contributed by atoms with Gasteiger partial charge in [-0.15, -0.1) is 0 Å². The molecule has 1 radical (unpaired) electrons. The molecule has 0 N–H and O–H groups in total. The molecule has 0 spiro atoms. The fourth-order valence-corrected chi connectivity index (χ4v) is 2.39. The molecular formula is C13H14F3. The number of rotatable bonds is 1. The van der Waals surface area contributed by atoms with E-state index in [1.165, 1.54) is 12.1 Å². The van der Waals surface area contributed by atoms with Crippen LogP contribution in [0, 0.1) is 6.92 Å². The Labute approximate surface area is 93.5 Å². The van der Waals surface area contributed by atoms with Gasteiger partial charge in [0.05, 0.1) is 5.56 Å². The highest BCUT2D eigenvalue weighted by Gasteiger charge is 2.31. The Balaban J connectivity index is 2.36. The molecular weight excluding hydrogens is 213 g/mol. The fourth-order valence-electron chi connectivity index (χ4n) is 2.39. The van der Waals surface area contributed by atoms with Gasteiger partial charge in [-0.25, -0.2) is 0 Å². The summed E-state index contributed by atoms with van der Waals surface area (Å²) in [5.74, 6) is 0.273. The third-order valence-electron chi connectivity index (χ3n) is 3.27. The van der Waals surface area contributed by atoms with Crippen LogP contribution in [0.15, 0.2) is 18.2 Å². The monoisotopic (exact) mass is 227 g/mol. The molecule has 1 aliphatic rings. The lowest BCUT2D eigenvalue weighted by molar-refractivity contribution is -0.137. The molecule has 1 aliphatic carbocycles. The molecule has 1 saturated carbocycles. The van der Waals surface area contributed by atoms with Crippen molar-refractivity contribution in [2.45, 2.75) is 37.8 Å². The van der Waals surface area contributed by atoms with E-state index < -0.39 is 11.7 Å². The lowest BCUT2D eigenvalue weighted by Gasteiger charge is -2.15. The Morgan fingerprint density at radius 2 is 1.75 bits per heavy atom. The maximum Gasteiger partial charge on any atom is 0.416 e. The topological polar surface area (TPSA) is 0 Å². The van der Waals surface area contributed by atoms with E-state index in [1.807, 2.05) is 0 Å². The molecule has 0 unspecified atom stereocenters. The van der Waals surface area contributed by atoms with Crippen molar-refractivity contribution in [3.05, 3.63) is 41.8 Å². The number of benzene rings is 1. The van der Waals surface area contributed by atoms with Gasteiger partial charge >= 0.3 is 6.18 Å². The van der Waals surface area contributed by atoms with E-state index in [9.17, 15) is 13.2 Å². The molecule has 0 heterocycles. The van der Waals surface area contributed by atoms with Crippen molar-refractivity contribution in [3.8, 4) is 0 Å². The summed E-state index contributed by atoms with van der Waals surface area (Å²) in [4.78, 5) is 0. The van der Waals surface area contributed by atoms with E-state index in [0.717, 1.165) is 42.9 Å². The minimum atomic E-state index is -4.25. The van der Waals surface area contributed by atoms with Crippen LogP contribution in [0.25, 0.3) is 0 Å². The Morgan fingerprint density at radius 3 is 2.31 bits per heavy atom. The van der Waals surface area contributed by atoms with Gasteiger partial charge in [-0.3, -0.25) is 0 Å².